The average Bonchev–Trinajstić information content (AvgIpc) is 3.17. The Hall–Kier alpha value is -4.17. The summed E-state index contributed by atoms with van der Waals surface area (Å²) in [6.07, 6.45) is 2.88. The van der Waals surface area contributed by atoms with E-state index in [-0.39, 0.29) is 56.8 Å². The molecule has 4 amide bonds. The summed E-state index contributed by atoms with van der Waals surface area (Å²) < 4.78 is 11.0. The van der Waals surface area contributed by atoms with Gasteiger partial charge < -0.3 is 25.7 Å². The Morgan fingerprint density at radius 1 is 1.18 bits per heavy atom. The largest absolute Gasteiger partial charge is 0.481 e. The molecule has 0 bridgehead atoms. The second-order valence-corrected chi connectivity index (χ2v) is 8.38. The number of anilines is 1. The van der Waals surface area contributed by atoms with Gasteiger partial charge in [0.2, 0.25) is 12.3 Å². The Labute approximate surface area is 225 Å². The van der Waals surface area contributed by atoms with Gasteiger partial charge in [-0.25, -0.2) is 0 Å². The number of fused-ring (bicyclic) bond motifs is 1. The van der Waals surface area contributed by atoms with Gasteiger partial charge in [0.25, 0.3) is 11.8 Å². The van der Waals surface area contributed by atoms with Crippen molar-refractivity contribution in [1.29, 1.82) is 0 Å². The van der Waals surface area contributed by atoms with Crippen LogP contribution in [0.3, 0.4) is 0 Å². The first-order valence-corrected chi connectivity index (χ1v) is 12.5. The Kier molecular flexibility index (Phi) is 13.2. The highest BCUT2D eigenvalue weighted by molar-refractivity contribution is 6.31. The minimum atomic E-state index is -1.09. The molecule has 0 fully saturated rings. The second kappa shape index (κ2) is 16.6. The van der Waals surface area contributed by atoms with Crippen LogP contribution in [0.1, 0.15) is 53.3 Å². The topological polar surface area (TPSA) is 202 Å². The smallest absolute Gasteiger partial charge is 0.303 e. The molecule has 14 heteroatoms. The van der Waals surface area contributed by atoms with Crippen LogP contribution in [0, 0.1) is 0 Å². The van der Waals surface area contributed by atoms with Crippen LogP contribution >= 0.6 is 0 Å². The minimum absolute atomic E-state index is 0.0371. The number of hydrogen-bond donors (Lipinski definition) is 4. The average molecular weight is 547 g/mol. The van der Waals surface area contributed by atoms with Crippen molar-refractivity contribution >= 4 is 47.7 Å². The van der Waals surface area contributed by atoms with Crippen LogP contribution in [0.15, 0.2) is 28.3 Å². The number of hydrazone groups is 1. The van der Waals surface area contributed by atoms with E-state index in [4.69, 9.17) is 20.4 Å². The van der Waals surface area contributed by atoms with Gasteiger partial charge in [0.15, 0.2) is 0 Å². The van der Waals surface area contributed by atoms with E-state index in [0.717, 1.165) is 4.90 Å². The van der Waals surface area contributed by atoms with Gasteiger partial charge >= 0.3 is 5.97 Å². The summed E-state index contributed by atoms with van der Waals surface area (Å²) in [6, 6.07) is 3.73. The number of carbonyl (C=O) groups is 5. The molecule has 1 unspecified atom stereocenters. The van der Waals surface area contributed by atoms with Gasteiger partial charge in [-0.15, -0.1) is 0 Å². The van der Waals surface area contributed by atoms with Crippen LogP contribution in [0.5, 0.6) is 0 Å². The first kappa shape index (κ1) is 31.1. The number of carbonyl (C=O) groups excluding carboxylic acids is 4. The van der Waals surface area contributed by atoms with Crippen molar-refractivity contribution in [3.8, 4) is 0 Å². The summed E-state index contributed by atoms with van der Waals surface area (Å²) in [4.78, 5) is 64.7. The van der Waals surface area contributed by atoms with Crippen molar-refractivity contribution in [2.45, 2.75) is 38.6 Å². The summed E-state index contributed by atoms with van der Waals surface area (Å²) in [7, 11) is 0. The Morgan fingerprint density at radius 3 is 2.64 bits per heavy atom. The lowest BCUT2D eigenvalue weighted by Crippen LogP contribution is -2.49. The number of carboxylic acid groups (broad SMARTS) is 1. The van der Waals surface area contributed by atoms with E-state index in [0.29, 0.717) is 37.3 Å². The molecule has 1 aromatic rings. The monoisotopic (exact) mass is 546 g/mol. The molecule has 0 saturated heterocycles. The molecule has 1 aliphatic rings. The summed E-state index contributed by atoms with van der Waals surface area (Å²) in [6.45, 7) is 3.42. The zero-order valence-corrected chi connectivity index (χ0v) is 21.8. The van der Waals surface area contributed by atoms with Crippen LogP contribution < -0.4 is 16.5 Å². The number of nitrogens with one attached hydrogen (secondary N) is 2. The zero-order valence-electron chi connectivity index (χ0n) is 21.8. The fourth-order valence-corrected chi connectivity index (χ4v) is 3.79. The first-order chi connectivity index (χ1) is 18.8. The Morgan fingerprint density at radius 2 is 1.95 bits per heavy atom. The Balaban J connectivity index is 1.79. The lowest BCUT2D eigenvalue weighted by Gasteiger charge is -2.24. The highest BCUT2D eigenvalue weighted by Crippen LogP contribution is 2.31. The summed E-state index contributed by atoms with van der Waals surface area (Å²) >= 11 is 0. The summed E-state index contributed by atoms with van der Waals surface area (Å²) in [5, 5.41) is 17.3. The predicted octanol–water partition coefficient (Wildman–Crippen LogP) is 0.419. The first-order valence-electron chi connectivity index (χ1n) is 12.5. The summed E-state index contributed by atoms with van der Waals surface area (Å²) in [5.74, 6) is 2.52. The molecule has 1 aromatic carbocycles. The van der Waals surface area contributed by atoms with Crippen LogP contribution in [0.2, 0.25) is 0 Å². The quantitative estimate of drug-likeness (QED) is 0.0470. The number of aliphatic imine (C=N–C) groups is 1. The molecule has 0 saturated carbocycles. The van der Waals surface area contributed by atoms with E-state index in [1.165, 1.54) is 12.3 Å². The highest BCUT2D eigenvalue weighted by atomic mass is 16.5. The number of rotatable bonds is 19. The van der Waals surface area contributed by atoms with E-state index in [1.807, 2.05) is 12.2 Å². The van der Waals surface area contributed by atoms with Gasteiger partial charge in [0.05, 0.1) is 37.6 Å². The number of amides is 4. The number of ether oxygens (including phenoxy) is 2. The number of hydrogen-bond acceptors (Lipinski definition) is 11. The van der Waals surface area contributed by atoms with Crippen molar-refractivity contribution in [2.24, 2.45) is 15.9 Å². The molecule has 2 rings (SSSR count). The van der Waals surface area contributed by atoms with E-state index >= 15 is 0 Å². The molecule has 0 spiro atoms. The lowest BCUT2D eigenvalue weighted by molar-refractivity contribution is -0.137. The number of nitrogens with two attached hydrogens (primary N) is 1. The van der Waals surface area contributed by atoms with Crippen LogP contribution in [0.4, 0.5) is 5.69 Å². The van der Waals surface area contributed by atoms with Crippen molar-refractivity contribution in [2.75, 3.05) is 44.8 Å². The number of aliphatic carboxylic acids is 1. The van der Waals surface area contributed by atoms with Crippen molar-refractivity contribution in [1.82, 2.24) is 10.2 Å². The molecular formula is C25H34N6O8. The van der Waals surface area contributed by atoms with Crippen LogP contribution in [-0.4, -0.2) is 97.6 Å². The van der Waals surface area contributed by atoms with Crippen LogP contribution in [0.25, 0.3) is 0 Å². The molecule has 0 aliphatic carbocycles. The third-order valence-corrected chi connectivity index (χ3v) is 5.59. The standard InChI is InChI=1S/C25H34N6O8/c1-2-5-20(23(35)29-16-32)31-24(36)18-6-3-7-19(22(18)25(31)37)28-10-11-38-12-13-39-15-17(30-26)14-27-9-4-8-21(33)34/h3,6-7,14,16,20,28H,2,4-5,8-13,15,26H2,1H3,(H,33,34)(H,29,32,35). The second-order valence-electron chi connectivity index (χ2n) is 8.38. The maximum absolute atomic E-state index is 13.2. The van der Waals surface area contributed by atoms with Crippen LogP contribution in [-0.2, 0) is 23.9 Å². The molecule has 39 heavy (non-hydrogen) atoms. The van der Waals surface area contributed by atoms with E-state index < -0.39 is 29.7 Å². The maximum atomic E-state index is 13.2. The van der Waals surface area contributed by atoms with E-state index in [9.17, 15) is 24.0 Å². The molecule has 5 N–H and O–H groups in total. The molecule has 1 heterocycles. The molecule has 212 valence electrons. The van der Waals surface area contributed by atoms with Gasteiger partial charge in [-0.1, -0.05) is 19.4 Å². The SMILES string of the molecule is CCCC(C(=O)NC=O)N1C(=O)c2cccc(NCCOCCOCC(C=NCCCC(=O)O)=NN)c2C1=O. The van der Waals surface area contributed by atoms with Gasteiger partial charge in [0, 0.05) is 31.4 Å². The molecule has 1 atom stereocenters. The van der Waals surface area contributed by atoms with Gasteiger partial charge in [-0.05, 0) is 25.0 Å². The minimum Gasteiger partial charge on any atom is -0.481 e. The third kappa shape index (κ3) is 9.26. The van der Waals surface area contributed by atoms with Crippen molar-refractivity contribution in [3.63, 3.8) is 0 Å². The molecule has 1 aliphatic heterocycles. The fourth-order valence-electron chi connectivity index (χ4n) is 3.79. The number of benzene rings is 1. The number of nitrogens with zero attached hydrogens (tertiary/aromatic N) is 3. The third-order valence-electron chi connectivity index (χ3n) is 5.59. The van der Waals surface area contributed by atoms with Gasteiger partial charge in [-0.3, -0.25) is 39.2 Å². The maximum Gasteiger partial charge on any atom is 0.303 e. The van der Waals surface area contributed by atoms with E-state index in [2.05, 4.69) is 15.4 Å². The molecule has 14 nitrogen and oxygen atoms in total. The van der Waals surface area contributed by atoms with Gasteiger partial charge in [0.1, 0.15) is 11.8 Å². The molecule has 0 aromatic heterocycles. The number of carboxylic acids is 1. The lowest BCUT2D eigenvalue weighted by atomic mass is 10.1. The van der Waals surface area contributed by atoms with Crippen molar-refractivity contribution < 1.29 is 38.6 Å². The zero-order chi connectivity index (χ0) is 28.6. The predicted molar refractivity (Wildman–Crippen MR) is 142 cm³/mol. The normalized spacial score (nSPS) is 14.0. The van der Waals surface area contributed by atoms with E-state index in [1.54, 1.807) is 12.1 Å². The highest BCUT2D eigenvalue weighted by Gasteiger charge is 2.43. The fraction of sp³-hybridized carbons (Fsp3) is 0.480. The van der Waals surface area contributed by atoms with Gasteiger partial charge in [-0.2, -0.15) is 5.10 Å². The van der Waals surface area contributed by atoms with Crippen molar-refractivity contribution in [3.05, 3.63) is 29.3 Å². The summed E-state index contributed by atoms with van der Waals surface area (Å²) in [5.41, 5.74) is 1.19. The molecular weight excluding hydrogens is 512 g/mol. The molecule has 0 radical (unpaired) electrons. The number of imide groups is 2. The Bertz CT molecular complexity index is 1090.